The second kappa shape index (κ2) is 8.01. The van der Waals surface area contributed by atoms with Gasteiger partial charge in [0.05, 0.1) is 13.0 Å². The summed E-state index contributed by atoms with van der Waals surface area (Å²) in [5.74, 6) is -1.58. The largest absolute Gasteiger partial charge is 0.481 e. The third-order valence-corrected chi connectivity index (χ3v) is 4.63. The van der Waals surface area contributed by atoms with Crippen LogP contribution in [0.5, 0.6) is 0 Å². The van der Waals surface area contributed by atoms with Crippen molar-refractivity contribution in [1.82, 2.24) is 9.80 Å². The minimum absolute atomic E-state index is 0.287. The topological polar surface area (TPSA) is 87.2 Å². The average molecular weight is 318 g/mol. The van der Waals surface area contributed by atoms with Crippen molar-refractivity contribution in [3.63, 3.8) is 0 Å². The molecule has 2 amide bonds. The molecule has 1 atom stereocenters. The van der Waals surface area contributed by atoms with Crippen molar-refractivity contribution in [3.8, 4) is 0 Å². The van der Waals surface area contributed by atoms with E-state index in [1.807, 2.05) is 0 Å². The van der Waals surface area contributed by atoms with Gasteiger partial charge in [-0.25, -0.2) is 4.79 Å². The lowest BCUT2D eigenvalue weighted by molar-refractivity contribution is -0.143. The summed E-state index contributed by atoms with van der Waals surface area (Å²) in [5, 5.41) is 8.88. The van der Waals surface area contributed by atoms with Gasteiger partial charge in [-0.05, 0) is 6.04 Å². The number of carbonyl (C=O) groups excluding carboxylic acids is 2. The Kier molecular flexibility index (Phi) is 7.41. The molecule has 0 aromatic rings. The molecular formula is C13H26N2O5Si. The van der Waals surface area contributed by atoms with Crippen molar-refractivity contribution in [2.45, 2.75) is 38.1 Å². The molecule has 1 N–H and O–H groups in total. The molecule has 0 aliphatic heterocycles. The zero-order chi connectivity index (χ0) is 16.8. The maximum absolute atomic E-state index is 12.0. The average Bonchev–Trinajstić information content (AvgIpc) is 2.32. The number of hydrogen-bond acceptors (Lipinski definition) is 4. The summed E-state index contributed by atoms with van der Waals surface area (Å²) in [6, 6.07) is -0.241. The summed E-state index contributed by atoms with van der Waals surface area (Å²) in [4.78, 5) is 37.1. The maximum atomic E-state index is 12.0. The van der Waals surface area contributed by atoms with Crippen molar-refractivity contribution >= 4 is 26.0 Å². The monoisotopic (exact) mass is 318 g/mol. The number of aliphatic carboxylic acids is 1. The van der Waals surface area contributed by atoms with Gasteiger partial charge in [0.15, 0.2) is 0 Å². The minimum atomic E-state index is -1.32. The van der Waals surface area contributed by atoms with Gasteiger partial charge in [0.25, 0.3) is 0 Å². The smallest absolute Gasteiger partial charge is 0.410 e. The zero-order valence-corrected chi connectivity index (χ0v) is 14.7. The quantitative estimate of drug-likeness (QED) is 0.715. The van der Waals surface area contributed by atoms with E-state index in [4.69, 9.17) is 9.84 Å². The molecule has 8 heteroatoms. The van der Waals surface area contributed by atoms with E-state index >= 15 is 0 Å². The van der Waals surface area contributed by atoms with Gasteiger partial charge >= 0.3 is 12.1 Å². The lowest BCUT2D eigenvalue weighted by Gasteiger charge is -2.28. The molecule has 0 fully saturated rings. The van der Waals surface area contributed by atoms with Gasteiger partial charge in [-0.3, -0.25) is 14.5 Å². The molecule has 0 spiro atoms. The lowest BCUT2D eigenvalue weighted by Crippen LogP contribution is -2.48. The van der Waals surface area contributed by atoms with E-state index in [1.165, 1.54) is 26.0 Å². The molecule has 0 aliphatic rings. The molecule has 0 saturated heterocycles. The molecule has 0 aliphatic carbocycles. The van der Waals surface area contributed by atoms with Crippen molar-refractivity contribution in [2.24, 2.45) is 0 Å². The van der Waals surface area contributed by atoms with Crippen molar-refractivity contribution in [2.75, 3.05) is 27.7 Å². The first-order valence-corrected chi connectivity index (χ1v) is 10.5. The molecule has 0 saturated carbocycles. The van der Waals surface area contributed by atoms with Gasteiger partial charge < -0.3 is 14.7 Å². The van der Waals surface area contributed by atoms with Gasteiger partial charge in [-0.15, -0.1) is 0 Å². The third-order valence-electron chi connectivity index (χ3n) is 2.93. The van der Waals surface area contributed by atoms with Crippen LogP contribution in [-0.2, 0) is 14.3 Å². The highest BCUT2D eigenvalue weighted by molar-refractivity contribution is 6.76. The molecule has 0 radical (unpaired) electrons. The first-order valence-electron chi connectivity index (χ1n) is 6.78. The highest BCUT2D eigenvalue weighted by Gasteiger charge is 2.31. The normalized spacial score (nSPS) is 12.5. The van der Waals surface area contributed by atoms with Crippen LogP contribution < -0.4 is 0 Å². The van der Waals surface area contributed by atoms with Crippen LogP contribution in [0.25, 0.3) is 0 Å². The Bertz CT molecular complexity index is 393. The summed E-state index contributed by atoms with van der Waals surface area (Å²) in [5.41, 5.74) is 0. The lowest BCUT2D eigenvalue weighted by atomic mass is 10.1. The molecule has 0 aromatic carbocycles. The molecule has 21 heavy (non-hydrogen) atoms. The molecule has 1 unspecified atom stereocenters. The Hall–Kier alpha value is -1.57. The highest BCUT2D eigenvalue weighted by Crippen LogP contribution is 2.11. The summed E-state index contributed by atoms with van der Waals surface area (Å²) in [7, 11) is 3.09. The molecule has 0 bridgehead atoms. The highest BCUT2D eigenvalue weighted by atomic mass is 28.3. The number of nitrogens with zero attached hydrogens (tertiary/aromatic N) is 2. The number of rotatable bonds is 7. The van der Waals surface area contributed by atoms with Gasteiger partial charge in [-0.1, -0.05) is 19.6 Å². The SMILES string of the molecule is CN(C)C(=O)C(CC(=O)O)N(C)C(=O)OCC[Si](C)(C)C. The van der Waals surface area contributed by atoms with E-state index in [-0.39, 0.29) is 6.61 Å². The number of hydrogen-bond donors (Lipinski definition) is 1. The molecule has 0 rings (SSSR count). The Balaban J connectivity index is 4.71. The Morgan fingerprint density at radius 3 is 2.05 bits per heavy atom. The Morgan fingerprint density at radius 2 is 1.67 bits per heavy atom. The number of carboxylic acids is 1. The summed E-state index contributed by atoms with van der Waals surface area (Å²) < 4.78 is 5.13. The van der Waals surface area contributed by atoms with Crippen LogP contribution in [0.15, 0.2) is 0 Å². The fourth-order valence-electron chi connectivity index (χ4n) is 1.53. The van der Waals surface area contributed by atoms with E-state index in [0.29, 0.717) is 0 Å². The van der Waals surface area contributed by atoms with Crippen LogP contribution in [-0.4, -0.2) is 74.7 Å². The summed E-state index contributed by atoms with van der Waals surface area (Å²) in [6.07, 6.45) is -1.12. The second-order valence-electron chi connectivity index (χ2n) is 6.38. The molecule has 122 valence electrons. The van der Waals surface area contributed by atoms with E-state index in [2.05, 4.69) is 19.6 Å². The summed E-state index contributed by atoms with van der Waals surface area (Å²) in [6.45, 7) is 6.77. The Labute approximate surface area is 126 Å². The molecule has 0 heterocycles. The van der Waals surface area contributed by atoms with Crippen LogP contribution >= 0.6 is 0 Å². The van der Waals surface area contributed by atoms with Crippen LogP contribution in [0.4, 0.5) is 4.79 Å². The number of likely N-dealkylation sites (N-methyl/N-ethyl adjacent to an activating group) is 2. The standard InChI is InChI=1S/C13H26N2O5Si/c1-14(2)12(18)10(9-11(16)17)15(3)13(19)20-7-8-21(4,5)6/h10H,7-9H2,1-6H3,(H,16,17). The fraction of sp³-hybridized carbons (Fsp3) is 0.769. The maximum Gasteiger partial charge on any atom is 0.410 e. The van der Waals surface area contributed by atoms with E-state index in [9.17, 15) is 14.4 Å². The second-order valence-corrected chi connectivity index (χ2v) is 12.0. The van der Waals surface area contributed by atoms with E-state index in [0.717, 1.165) is 10.9 Å². The van der Waals surface area contributed by atoms with Crippen LogP contribution in [0.3, 0.4) is 0 Å². The van der Waals surface area contributed by atoms with Crippen LogP contribution in [0, 0.1) is 0 Å². The predicted molar refractivity (Wildman–Crippen MR) is 82.0 cm³/mol. The molecule has 7 nitrogen and oxygen atoms in total. The van der Waals surface area contributed by atoms with Crippen LogP contribution in [0.2, 0.25) is 25.7 Å². The molecular weight excluding hydrogens is 292 g/mol. The van der Waals surface area contributed by atoms with E-state index in [1.54, 1.807) is 0 Å². The van der Waals surface area contributed by atoms with Gasteiger partial charge in [-0.2, -0.15) is 0 Å². The summed E-state index contributed by atoms with van der Waals surface area (Å²) >= 11 is 0. The minimum Gasteiger partial charge on any atom is -0.481 e. The van der Waals surface area contributed by atoms with Crippen molar-refractivity contribution in [3.05, 3.63) is 0 Å². The van der Waals surface area contributed by atoms with Gasteiger partial charge in [0.2, 0.25) is 5.91 Å². The van der Waals surface area contributed by atoms with Gasteiger partial charge in [0, 0.05) is 29.2 Å². The Morgan fingerprint density at radius 1 is 1.14 bits per heavy atom. The number of amides is 2. The van der Waals surface area contributed by atoms with Crippen LogP contribution in [0.1, 0.15) is 6.42 Å². The van der Waals surface area contributed by atoms with Crippen molar-refractivity contribution < 1.29 is 24.2 Å². The molecule has 0 aromatic heterocycles. The first kappa shape index (κ1) is 19.4. The number of carboxylic acid groups (broad SMARTS) is 1. The number of carbonyl (C=O) groups is 3. The zero-order valence-electron chi connectivity index (χ0n) is 13.7. The fourth-order valence-corrected chi connectivity index (χ4v) is 2.24. The van der Waals surface area contributed by atoms with Crippen molar-refractivity contribution in [1.29, 1.82) is 0 Å². The predicted octanol–water partition coefficient (Wildman–Crippen LogP) is 1.32. The number of ether oxygens (including phenoxy) is 1. The van der Waals surface area contributed by atoms with E-state index < -0.39 is 38.5 Å². The van der Waals surface area contributed by atoms with Gasteiger partial charge in [0.1, 0.15) is 6.04 Å². The third kappa shape index (κ3) is 7.69. The first-order chi connectivity index (χ1) is 9.45.